The van der Waals surface area contributed by atoms with Crippen molar-refractivity contribution in [2.24, 2.45) is 5.73 Å². The van der Waals surface area contributed by atoms with Gasteiger partial charge in [0.2, 0.25) is 0 Å². The summed E-state index contributed by atoms with van der Waals surface area (Å²) in [5, 5.41) is 0.453. The first-order chi connectivity index (χ1) is 7.56. The Morgan fingerprint density at radius 1 is 1.44 bits per heavy atom. The summed E-state index contributed by atoms with van der Waals surface area (Å²) in [7, 11) is 2.96. The lowest BCUT2D eigenvalue weighted by molar-refractivity contribution is 0.0997. The van der Waals surface area contributed by atoms with Gasteiger partial charge >= 0.3 is 0 Å². The van der Waals surface area contributed by atoms with Gasteiger partial charge in [-0.25, -0.2) is 0 Å². The Kier molecular flexibility index (Phi) is 4.15. The number of benzene rings is 1. The van der Waals surface area contributed by atoms with E-state index >= 15 is 0 Å². The Morgan fingerprint density at radius 3 is 2.50 bits per heavy atom. The van der Waals surface area contributed by atoms with Crippen molar-refractivity contribution < 1.29 is 14.3 Å². The van der Waals surface area contributed by atoms with Crippen LogP contribution in [0.3, 0.4) is 0 Å². The number of hydrogen-bond acceptors (Lipinski definition) is 4. The first-order valence-electron chi connectivity index (χ1n) is 4.71. The highest BCUT2D eigenvalue weighted by Gasteiger charge is 2.20. The lowest BCUT2D eigenvalue weighted by atomic mass is 10.0. The van der Waals surface area contributed by atoms with Crippen LogP contribution in [0.25, 0.3) is 0 Å². The van der Waals surface area contributed by atoms with Crippen LogP contribution in [-0.4, -0.2) is 26.5 Å². The van der Waals surface area contributed by atoms with Gasteiger partial charge in [0.05, 0.1) is 26.3 Å². The molecule has 16 heavy (non-hydrogen) atoms. The molecule has 0 aliphatic heterocycles. The van der Waals surface area contributed by atoms with Gasteiger partial charge in [-0.3, -0.25) is 4.79 Å². The molecule has 0 heterocycles. The zero-order chi connectivity index (χ0) is 12.3. The van der Waals surface area contributed by atoms with Gasteiger partial charge in [0, 0.05) is 11.1 Å². The van der Waals surface area contributed by atoms with Crippen molar-refractivity contribution in [2.45, 2.75) is 6.92 Å². The number of ketones is 1. The van der Waals surface area contributed by atoms with Gasteiger partial charge in [0.1, 0.15) is 0 Å². The number of halogens is 1. The summed E-state index contributed by atoms with van der Waals surface area (Å²) in [6.45, 7) is 1.65. The van der Waals surface area contributed by atoms with E-state index in [1.165, 1.54) is 14.2 Å². The molecule has 0 fully saturated rings. The topological polar surface area (TPSA) is 61.5 Å². The molecule has 0 unspecified atom stereocenters. The van der Waals surface area contributed by atoms with Crippen LogP contribution in [0.5, 0.6) is 11.5 Å². The van der Waals surface area contributed by atoms with Gasteiger partial charge in [0.25, 0.3) is 0 Å². The molecule has 1 aromatic carbocycles. The second-order valence-electron chi connectivity index (χ2n) is 3.22. The summed E-state index contributed by atoms with van der Waals surface area (Å²) in [6, 6.07) is 1.61. The SMILES string of the molecule is COc1cc(Cl)c(C)c(C(=O)CN)c1OC. The largest absolute Gasteiger partial charge is 0.493 e. The number of Topliss-reactive ketones (excluding diaryl/α,β-unsaturated/α-hetero) is 1. The van der Waals surface area contributed by atoms with Crippen LogP contribution in [0.1, 0.15) is 15.9 Å². The van der Waals surface area contributed by atoms with Gasteiger partial charge in [-0.2, -0.15) is 0 Å². The minimum atomic E-state index is -0.227. The molecule has 5 heteroatoms. The van der Waals surface area contributed by atoms with Crippen LogP contribution in [0, 0.1) is 6.92 Å². The maximum atomic E-state index is 11.7. The summed E-state index contributed by atoms with van der Waals surface area (Å²) in [4.78, 5) is 11.7. The molecule has 1 rings (SSSR count). The van der Waals surface area contributed by atoms with E-state index in [9.17, 15) is 4.79 Å². The van der Waals surface area contributed by atoms with Crippen molar-refractivity contribution in [1.82, 2.24) is 0 Å². The maximum absolute atomic E-state index is 11.7. The fraction of sp³-hybridized carbons (Fsp3) is 0.364. The molecule has 0 bridgehead atoms. The fourth-order valence-electron chi connectivity index (χ4n) is 1.49. The molecular formula is C11H14ClNO3. The lowest BCUT2D eigenvalue weighted by Crippen LogP contribution is -2.16. The Balaban J connectivity index is 3.53. The van der Waals surface area contributed by atoms with E-state index in [2.05, 4.69) is 0 Å². The highest BCUT2D eigenvalue weighted by molar-refractivity contribution is 6.32. The maximum Gasteiger partial charge on any atom is 0.180 e. The van der Waals surface area contributed by atoms with Gasteiger partial charge < -0.3 is 15.2 Å². The zero-order valence-electron chi connectivity index (χ0n) is 9.46. The van der Waals surface area contributed by atoms with E-state index in [0.29, 0.717) is 27.6 Å². The van der Waals surface area contributed by atoms with Crippen LogP contribution < -0.4 is 15.2 Å². The predicted molar refractivity (Wildman–Crippen MR) is 62.7 cm³/mol. The van der Waals surface area contributed by atoms with Crippen LogP contribution in [-0.2, 0) is 0 Å². The Morgan fingerprint density at radius 2 is 2.06 bits per heavy atom. The fourth-order valence-corrected chi connectivity index (χ4v) is 1.69. The first-order valence-corrected chi connectivity index (χ1v) is 5.08. The first kappa shape index (κ1) is 12.8. The minimum absolute atomic E-state index is 0.0965. The van der Waals surface area contributed by atoms with Crippen LogP contribution in [0.2, 0.25) is 5.02 Å². The van der Waals surface area contributed by atoms with Crippen molar-refractivity contribution in [2.75, 3.05) is 20.8 Å². The smallest absolute Gasteiger partial charge is 0.180 e. The Bertz CT molecular complexity index is 418. The molecule has 0 atom stereocenters. The second-order valence-corrected chi connectivity index (χ2v) is 3.63. The van der Waals surface area contributed by atoms with Gasteiger partial charge in [0.15, 0.2) is 17.3 Å². The van der Waals surface area contributed by atoms with E-state index in [1.54, 1.807) is 13.0 Å². The molecular weight excluding hydrogens is 230 g/mol. The highest BCUT2D eigenvalue weighted by atomic mass is 35.5. The third-order valence-electron chi connectivity index (χ3n) is 2.33. The quantitative estimate of drug-likeness (QED) is 0.820. The third kappa shape index (κ3) is 2.13. The summed E-state index contributed by atoms with van der Waals surface area (Å²) in [5.41, 5.74) is 6.38. The van der Waals surface area contributed by atoms with Crippen molar-refractivity contribution in [3.05, 3.63) is 22.2 Å². The van der Waals surface area contributed by atoms with Crippen LogP contribution >= 0.6 is 11.6 Å². The molecule has 4 nitrogen and oxygen atoms in total. The Labute approximate surface area is 99.3 Å². The van der Waals surface area contributed by atoms with Crippen molar-refractivity contribution in [1.29, 1.82) is 0 Å². The molecule has 0 saturated carbocycles. The molecule has 0 saturated heterocycles. The van der Waals surface area contributed by atoms with Crippen molar-refractivity contribution in [3.63, 3.8) is 0 Å². The summed E-state index contributed by atoms with van der Waals surface area (Å²) in [6.07, 6.45) is 0. The van der Waals surface area contributed by atoms with E-state index in [-0.39, 0.29) is 12.3 Å². The average molecular weight is 244 g/mol. The molecule has 0 aromatic heterocycles. The highest BCUT2D eigenvalue weighted by Crippen LogP contribution is 2.37. The molecule has 1 aromatic rings. The predicted octanol–water partition coefficient (Wildman–Crippen LogP) is 1.81. The summed E-state index contributed by atoms with van der Waals surface area (Å²) >= 11 is 6.00. The van der Waals surface area contributed by atoms with Gasteiger partial charge in [-0.05, 0) is 12.5 Å². The normalized spacial score (nSPS) is 10.1. The lowest BCUT2D eigenvalue weighted by Gasteiger charge is -2.15. The van der Waals surface area contributed by atoms with Crippen molar-refractivity contribution >= 4 is 17.4 Å². The molecule has 0 radical (unpaired) electrons. The number of methoxy groups -OCH3 is 2. The van der Waals surface area contributed by atoms with E-state index in [4.69, 9.17) is 26.8 Å². The zero-order valence-corrected chi connectivity index (χ0v) is 10.2. The third-order valence-corrected chi connectivity index (χ3v) is 2.72. The van der Waals surface area contributed by atoms with Crippen molar-refractivity contribution in [3.8, 4) is 11.5 Å². The Hall–Kier alpha value is -1.26. The molecule has 0 aliphatic carbocycles. The molecule has 0 amide bonds. The summed E-state index contributed by atoms with van der Waals surface area (Å²) in [5.74, 6) is 0.574. The minimum Gasteiger partial charge on any atom is -0.493 e. The van der Waals surface area contributed by atoms with Crippen LogP contribution in [0.15, 0.2) is 6.07 Å². The van der Waals surface area contributed by atoms with E-state index in [1.807, 2.05) is 0 Å². The molecule has 0 aliphatic rings. The second kappa shape index (κ2) is 5.18. The average Bonchev–Trinajstić information content (AvgIpc) is 2.30. The standard InChI is InChI=1S/C11H14ClNO3/c1-6-7(12)4-9(15-2)11(16-3)10(6)8(14)5-13/h4H,5,13H2,1-3H3. The van der Waals surface area contributed by atoms with Gasteiger partial charge in [-0.1, -0.05) is 11.6 Å². The molecule has 88 valence electrons. The van der Waals surface area contributed by atoms with Crippen LogP contribution in [0.4, 0.5) is 0 Å². The number of carbonyl (C=O) groups excluding carboxylic acids is 1. The number of hydrogen-bond donors (Lipinski definition) is 1. The summed E-state index contributed by atoms with van der Waals surface area (Å²) < 4.78 is 10.3. The van der Waals surface area contributed by atoms with E-state index < -0.39 is 0 Å². The number of carbonyl (C=O) groups is 1. The molecule has 2 N–H and O–H groups in total. The monoisotopic (exact) mass is 243 g/mol. The van der Waals surface area contributed by atoms with Gasteiger partial charge in [-0.15, -0.1) is 0 Å². The number of rotatable bonds is 4. The molecule has 0 spiro atoms. The van der Waals surface area contributed by atoms with E-state index in [0.717, 1.165) is 0 Å². The number of ether oxygens (including phenoxy) is 2. The number of nitrogens with two attached hydrogens (primary N) is 1.